The van der Waals surface area contributed by atoms with Crippen molar-refractivity contribution in [3.05, 3.63) is 33.6 Å². The van der Waals surface area contributed by atoms with Crippen molar-refractivity contribution >= 4 is 29.2 Å². The highest BCUT2D eigenvalue weighted by molar-refractivity contribution is 6.35. The summed E-state index contributed by atoms with van der Waals surface area (Å²) in [6, 6.07) is 2.15. The van der Waals surface area contributed by atoms with Gasteiger partial charge in [-0.1, -0.05) is 29.1 Å². The Kier molecular flexibility index (Phi) is 4.58. The molecule has 2 N–H and O–H groups in total. The van der Waals surface area contributed by atoms with Gasteiger partial charge in [0.25, 0.3) is 0 Å². The van der Waals surface area contributed by atoms with Crippen molar-refractivity contribution in [2.75, 3.05) is 6.54 Å². The van der Waals surface area contributed by atoms with Gasteiger partial charge < -0.3 is 5.11 Å². The average Bonchev–Trinajstić information content (AvgIpc) is 2.30. The molecule has 1 rings (SSSR count). The van der Waals surface area contributed by atoms with Gasteiger partial charge in [0.1, 0.15) is 11.4 Å². The van der Waals surface area contributed by atoms with E-state index in [9.17, 15) is 14.3 Å². The molecule has 1 aromatic rings. The fourth-order valence-corrected chi connectivity index (χ4v) is 1.99. The highest BCUT2D eigenvalue weighted by atomic mass is 35.5. The summed E-state index contributed by atoms with van der Waals surface area (Å²) >= 11 is 11.5. The Morgan fingerprint density at radius 3 is 2.67 bits per heavy atom. The fourth-order valence-electron chi connectivity index (χ4n) is 1.42. The number of rotatable bonds is 4. The largest absolute Gasteiger partial charge is 0.480 e. The summed E-state index contributed by atoms with van der Waals surface area (Å²) in [6.45, 7) is 1.35. The monoisotopic (exact) mass is 289 g/mol. The smallest absolute Gasteiger partial charge is 0.328 e. The van der Waals surface area contributed by atoms with Crippen molar-refractivity contribution in [3.8, 4) is 12.3 Å². The molecule has 1 unspecified atom stereocenters. The van der Waals surface area contributed by atoms with Crippen LogP contribution in [0.1, 0.15) is 12.5 Å². The van der Waals surface area contributed by atoms with Crippen LogP contribution in [0.3, 0.4) is 0 Å². The second-order valence-corrected chi connectivity index (χ2v) is 4.55. The van der Waals surface area contributed by atoms with Crippen LogP contribution in [0, 0.1) is 18.2 Å². The quantitative estimate of drug-likeness (QED) is 0.662. The lowest BCUT2D eigenvalue weighted by molar-refractivity contribution is -0.144. The van der Waals surface area contributed by atoms with Crippen molar-refractivity contribution < 1.29 is 14.3 Å². The van der Waals surface area contributed by atoms with Crippen LogP contribution >= 0.6 is 23.2 Å². The summed E-state index contributed by atoms with van der Waals surface area (Å²) in [7, 11) is 0. The van der Waals surface area contributed by atoms with Crippen LogP contribution in [0.5, 0.6) is 0 Å². The van der Waals surface area contributed by atoms with Gasteiger partial charge in [-0.15, -0.1) is 6.42 Å². The first-order chi connectivity index (χ1) is 8.32. The maximum atomic E-state index is 13.4. The zero-order chi connectivity index (χ0) is 13.9. The van der Waals surface area contributed by atoms with E-state index in [4.69, 9.17) is 29.6 Å². The number of hydrogen-bond acceptors (Lipinski definition) is 2. The molecule has 0 saturated carbocycles. The molecular weight excluding hydrogens is 280 g/mol. The van der Waals surface area contributed by atoms with E-state index in [0.717, 1.165) is 12.1 Å². The Morgan fingerprint density at radius 2 is 2.17 bits per heavy atom. The number of carbonyl (C=O) groups is 1. The molecule has 0 aliphatic heterocycles. The number of benzene rings is 1. The molecule has 0 spiro atoms. The minimum absolute atomic E-state index is 0.00335. The lowest BCUT2D eigenvalue weighted by Crippen LogP contribution is -2.47. The fraction of sp³-hybridized carbons (Fsp3) is 0.250. The van der Waals surface area contributed by atoms with Crippen LogP contribution in [-0.4, -0.2) is 17.6 Å². The van der Waals surface area contributed by atoms with Gasteiger partial charge in [-0.25, -0.2) is 9.18 Å². The van der Waals surface area contributed by atoms with Gasteiger partial charge in [0.2, 0.25) is 0 Å². The number of carboxylic acid groups (broad SMARTS) is 1. The van der Waals surface area contributed by atoms with E-state index < -0.39 is 17.3 Å². The second kappa shape index (κ2) is 5.57. The van der Waals surface area contributed by atoms with Crippen molar-refractivity contribution in [3.63, 3.8) is 0 Å². The van der Waals surface area contributed by atoms with Crippen LogP contribution in [0.25, 0.3) is 0 Å². The summed E-state index contributed by atoms with van der Waals surface area (Å²) in [4.78, 5) is 11.3. The SMILES string of the molecule is C#CCNC(C)(C(=O)O)c1cc(F)c(Cl)cc1Cl. The van der Waals surface area contributed by atoms with E-state index in [2.05, 4.69) is 11.2 Å². The summed E-state index contributed by atoms with van der Waals surface area (Å²) in [5.41, 5.74) is -1.52. The predicted molar refractivity (Wildman–Crippen MR) is 68.2 cm³/mol. The molecule has 3 nitrogen and oxygen atoms in total. The topological polar surface area (TPSA) is 49.3 Å². The highest BCUT2D eigenvalue weighted by Gasteiger charge is 2.37. The van der Waals surface area contributed by atoms with Gasteiger partial charge in [-0.05, 0) is 19.1 Å². The Balaban J connectivity index is 3.35. The van der Waals surface area contributed by atoms with Crippen LogP contribution in [0.4, 0.5) is 4.39 Å². The van der Waals surface area contributed by atoms with Gasteiger partial charge in [-0.3, -0.25) is 5.32 Å². The molecule has 0 aliphatic carbocycles. The summed E-state index contributed by atoms with van der Waals surface area (Å²) < 4.78 is 13.4. The Morgan fingerprint density at radius 1 is 1.56 bits per heavy atom. The van der Waals surface area contributed by atoms with Crippen molar-refractivity contribution in [1.29, 1.82) is 0 Å². The van der Waals surface area contributed by atoms with Gasteiger partial charge in [-0.2, -0.15) is 0 Å². The molecule has 1 aromatic carbocycles. The van der Waals surface area contributed by atoms with E-state index in [-0.39, 0.29) is 22.2 Å². The number of nitrogens with one attached hydrogen (secondary N) is 1. The summed E-state index contributed by atoms with van der Waals surface area (Å²) in [5, 5.41) is 11.8. The number of carboxylic acids is 1. The van der Waals surface area contributed by atoms with Crippen LogP contribution < -0.4 is 5.32 Å². The molecule has 0 bridgehead atoms. The molecule has 18 heavy (non-hydrogen) atoms. The van der Waals surface area contributed by atoms with Crippen molar-refractivity contribution in [2.24, 2.45) is 0 Å². The second-order valence-electron chi connectivity index (χ2n) is 3.73. The first-order valence-corrected chi connectivity index (χ1v) is 5.65. The molecule has 0 radical (unpaired) electrons. The van der Waals surface area contributed by atoms with E-state index in [0.29, 0.717) is 0 Å². The van der Waals surface area contributed by atoms with Crippen LogP contribution in [0.2, 0.25) is 10.0 Å². The molecule has 0 aromatic heterocycles. The number of hydrogen-bond donors (Lipinski definition) is 2. The predicted octanol–water partition coefficient (Wildman–Crippen LogP) is 2.66. The van der Waals surface area contributed by atoms with Gasteiger partial charge in [0.05, 0.1) is 11.6 Å². The summed E-state index contributed by atoms with van der Waals surface area (Å²) in [5.74, 6) is 0.291. The highest BCUT2D eigenvalue weighted by Crippen LogP contribution is 2.32. The Hall–Kier alpha value is -1.28. The Labute approximate surface area is 114 Å². The van der Waals surface area contributed by atoms with E-state index in [1.807, 2.05) is 0 Å². The zero-order valence-corrected chi connectivity index (χ0v) is 10.9. The molecule has 0 aliphatic rings. The van der Waals surface area contributed by atoms with Crippen molar-refractivity contribution in [1.82, 2.24) is 5.32 Å². The lowest BCUT2D eigenvalue weighted by atomic mass is 9.91. The maximum absolute atomic E-state index is 13.4. The molecule has 0 saturated heterocycles. The third-order valence-corrected chi connectivity index (χ3v) is 3.12. The van der Waals surface area contributed by atoms with Gasteiger partial charge in [0, 0.05) is 10.6 Å². The normalized spacial score (nSPS) is 13.7. The third-order valence-electron chi connectivity index (χ3n) is 2.52. The van der Waals surface area contributed by atoms with Crippen molar-refractivity contribution in [2.45, 2.75) is 12.5 Å². The third kappa shape index (κ3) is 2.75. The summed E-state index contributed by atoms with van der Waals surface area (Å²) in [6.07, 6.45) is 5.07. The number of aliphatic carboxylic acids is 1. The van der Waals surface area contributed by atoms with Gasteiger partial charge in [0.15, 0.2) is 0 Å². The molecule has 96 valence electrons. The first-order valence-electron chi connectivity index (χ1n) is 4.90. The van der Waals surface area contributed by atoms with Crippen LogP contribution in [-0.2, 0) is 10.3 Å². The standard InChI is InChI=1S/C12H10Cl2FNO2/c1-3-4-16-12(2,11(17)18)7-5-10(15)9(14)6-8(7)13/h1,5-6,16H,4H2,2H3,(H,17,18). The van der Waals surface area contributed by atoms with E-state index in [1.165, 1.54) is 6.92 Å². The number of terminal acetylenes is 1. The lowest BCUT2D eigenvalue weighted by Gasteiger charge is -2.27. The molecule has 6 heteroatoms. The van der Waals surface area contributed by atoms with Crippen LogP contribution in [0.15, 0.2) is 12.1 Å². The minimum atomic E-state index is -1.59. The molecule has 0 fully saturated rings. The molecule has 1 atom stereocenters. The average molecular weight is 290 g/mol. The maximum Gasteiger partial charge on any atom is 0.328 e. The molecular formula is C12H10Cl2FNO2. The van der Waals surface area contributed by atoms with Gasteiger partial charge >= 0.3 is 5.97 Å². The first kappa shape index (κ1) is 14.8. The van der Waals surface area contributed by atoms with E-state index >= 15 is 0 Å². The Bertz CT molecular complexity index is 528. The van der Waals surface area contributed by atoms with E-state index in [1.54, 1.807) is 0 Å². The number of halogens is 3. The molecule has 0 amide bonds. The zero-order valence-electron chi connectivity index (χ0n) is 9.43. The minimum Gasteiger partial charge on any atom is -0.480 e. The molecule has 0 heterocycles.